The molecule has 0 spiro atoms. The standard InChI is InChI=1S/C28H28N2O7/c1-4-34-25-16-20(8-10-24(25)37-13-12-36-21-9-7-18(2)19(3)14-21)15-23-26(31)29-28(33)30(27(23)32)17-22-6-5-11-35-22/h5-11,14-16H,4,12-13,17H2,1-3H3,(H,29,31,33)/b23-15-. The van der Waals surface area contributed by atoms with Crippen LogP contribution in [0.15, 0.2) is 64.8 Å². The van der Waals surface area contributed by atoms with Crippen molar-refractivity contribution < 1.29 is 33.0 Å². The van der Waals surface area contributed by atoms with Gasteiger partial charge < -0.3 is 18.6 Å². The van der Waals surface area contributed by atoms with Crippen molar-refractivity contribution in [1.82, 2.24) is 10.2 Å². The lowest BCUT2D eigenvalue weighted by molar-refractivity contribution is -0.130. The van der Waals surface area contributed by atoms with Crippen LogP contribution in [0.25, 0.3) is 6.08 Å². The zero-order chi connectivity index (χ0) is 26.4. The summed E-state index contributed by atoms with van der Waals surface area (Å²) >= 11 is 0. The number of nitrogens with one attached hydrogen (secondary N) is 1. The van der Waals surface area contributed by atoms with Crippen molar-refractivity contribution in [3.63, 3.8) is 0 Å². The highest BCUT2D eigenvalue weighted by Crippen LogP contribution is 2.30. The summed E-state index contributed by atoms with van der Waals surface area (Å²) in [6, 6.07) is 13.5. The summed E-state index contributed by atoms with van der Waals surface area (Å²) in [5.41, 5.74) is 2.71. The van der Waals surface area contributed by atoms with Crippen LogP contribution in [0.3, 0.4) is 0 Å². The first-order chi connectivity index (χ1) is 17.9. The van der Waals surface area contributed by atoms with E-state index in [1.54, 1.807) is 30.3 Å². The molecule has 2 aromatic carbocycles. The zero-order valence-electron chi connectivity index (χ0n) is 20.9. The first-order valence-corrected chi connectivity index (χ1v) is 11.9. The number of imide groups is 2. The number of benzene rings is 2. The van der Waals surface area contributed by atoms with Gasteiger partial charge in [0.2, 0.25) is 0 Å². The molecule has 9 nitrogen and oxygen atoms in total. The van der Waals surface area contributed by atoms with E-state index in [-0.39, 0.29) is 18.7 Å². The SMILES string of the molecule is CCOc1cc(/C=C2/C(=O)NC(=O)N(Cc3ccco3)C2=O)ccc1OCCOc1ccc(C)c(C)c1. The van der Waals surface area contributed by atoms with Gasteiger partial charge >= 0.3 is 6.03 Å². The van der Waals surface area contributed by atoms with Crippen molar-refractivity contribution in [3.8, 4) is 17.2 Å². The summed E-state index contributed by atoms with van der Waals surface area (Å²) in [6.45, 7) is 6.84. The topological polar surface area (TPSA) is 107 Å². The Hall–Kier alpha value is -4.53. The summed E-state index contributed by atoms with van der Waals surface area (Å²) in [4.78, 5) is 38.5. The lowest BCUT2D eigenvalue weighted by Crippen LogP contribution is -2.53. The first-order valence-electron chi connectivity index (χ1n) is 11.9. The number of nitrogens with zero attached hydrogens (tertiary/aromatic N) is 1. The molecule has 0 radical (unpaired) electrons. The molecule has 1 aliphatic heterocycles. The second-order valence-electron chi connectivity index (χ2n) is 8.37. The van der Waals surface area contributed by atoms with E-state index in [0.717, 1.165) is 16.2 Å². The number of hydrogen-bond donors (Lipinski definition) is 1. The number of ether oxygens (including phenoxy) is 3. The van der Waals surface area contributed by atoms with Crippen molar-refractivity contribution in [3.05, 3.63) is 82.8 Å². The molecule has 0 bridgehead atoms. The third-order valence-corrected chi connectivity index (χ3v) is 5.75. The first kappa shape index (κ1) is 25.6. The van der Waals surface area contributed by atoms with Crippen molar-refractivity contribution in [2.24, 2.45) is 0 Å². The van der Waals surface area contributed by atoms with Gasteiger partial charge in [0, 0.05) is 0 Å². The normalized spacial score (nSPS) is 14.6. The van der Waals surface area contributed by atoms with Gasteiger partial charge in [0.1, 0.15) is 30.3 Å². The number of carbonyl (C=O) groups excluding carboxylic acids is 3. The molecule has 1 aliphatic rings. The molecule has 0 atom stereocenters. The molecule has 0 aliphatic carbocycles. The van der Waals surface area contributed by atoms with Gasteiger partial charge in [-0.3, -0.25) is 19.8 Å². The molecule has 1 saturated heterocycles. The fourth-order valence-corrected chi connectivity index (χ4v) is 3.68. The molecule has 37 heavy (non-hydrogen) atoms. The third-order valence-electron chi connectivity index (χ3n) is 5.75. The van der Waals surface area contributed by atoms with Crippen LogP contribution < -0.4 is 19.5 Å². The molecule has 9 heteroatoms. The highest BCUT2D eigenvalue weighted by atomic mass is 16.5. The van der Waals surface area contributed by atoms with Crippen LogP contribution in [0.5, 0.6) is 17.2 Å². The minimum Gasteiger partial charge on any atom is -0.490 e. The lowest BCUT2D eigenvalue weighted by atomic mass is 10.1. The Morgan fingerprint density at radius 1 is 0.919 bits per heavy atom. The minimum absolute atomic E-state index is 0.0938. The molecule has 0 saturated carbocycles. The Morgan fingerprint density at radius 3 is 2.46 bits per heavy atom. The summed E-state index contributed by atoms with van der Waals surface area (Å²) in [7, 11) is 0. The van der Waals surface area contributed by atoms with Gasteiger partial charge in [-0.1, -0.05) is 12.1 Å². The summed E-state index contributed by atoms with van der Waals surface area (Å²) in [6.07, 6.45) is 2.85. The summed E-state index contributed by atoms with van der Waals surface area (Å²) in [5, 5.41) is 2.20. The number of furan rings is 1. The number of amides is 4. The number of barbiturate groups is 1. The van der Waals surface area contributed by atoms with Crippen molar-refractivity contribution >= 4 is 23.9 Å². The maximum Gasteiger partial charge on any atom is 0.331 e. The minimum atomic E-state index is -0.801. The summed E-state index contributed by atoms with van der Waals surface area (Å²) in [5.74, 6) is 0.656. The van der Waals surface area contributed by atoms with Gasteiger partial charge in [0.05, 0.1) is 19.4 Å². The highest BCUT2D eigenvalue weighted by molar-refractivity contribution is 6.30. The van der Waals surface area contributed by atoms with Crippen molar-refractivity contribution in [2.75, 3.05) is 19.8 Å². The van der Waals surface area contributed by atoms with Crippen molar-refractivity contribution in [1.29, 1.82) is 0 Å². The molecular formula is C28H28N2O7. The Bertz CT molecular complexity index is 1330. The predicted octanol–water partition coefficient (Wildman–Crippen LogP) is 4.41. The van der Waals surface area contributed by atoms with E-state index in [4.69, 9.17) is 18.6 Å². The highest BCUT2D eigenvalue weighted by Gasteiger charge is 2.36. The molecule has 2 heterocycles. The second-order valence-corrected chi connectivity index (χ2v) is 8.37. The van der Waals surface area contributed by atoms with E-state index in [1.807, 2.05) is 39.0 Å². The number of carbonyl (C=O) groups is 3. The molecule has 1 N–H and O–H groups in total. The van der Waals surface area contributed by atoms with Gasteiger partial charge in [0.25, 0.3) is 11.8 Å². The Morgan fingerprint density at radius 2 is 1.73 bits per heavy atom. The van der Waals surface area contributed by atoms with E-state index in [1.165, 1.54) is 17.9 Å². The largest absolute Gasteiger partial charge is 0.490 e. The van der Waals surface area contributed by atoms with Gasteiger partial charge in [-0.25, -0.2) is 4.79 Å². The maximum absolute atomic E-state index is 12.9. The van der Waals surface area contributed by atoms with Gasteiger partial charge in [-0.2, -0.15) is 0 Å². The van der Waals surface area contributed by atoms with Crippen LogP contribution in [-0.2, 0) is 16.1 Å². The average Bonchev–Trinajstić information content (AvgIpc) is 3.39. The van der Waals surface area contributed by atoms with E-state index in [9.17, 15) is 14.4 Å². The number of rotatable bonds is 10. The van der Waals surface area contributed by atoms with Gasteiger partial charge in [-0.05, 0) is 79.9 Å². The molecule has 1 aromatic heterocycles. The Labute approximate surface area is 214 Å². The molecular weight excluding hydrogens is 476 g/mol. The summed E-state index contributed by atoms with van der Waals surface area (Å²) < 4.78 is 22.6. The smallest absolute Gasteiger partial charge is 0.331 e. The molecule has 4 amide bonds. The fourth-order valence-electron chi connectivity index (χ4n) is 3.68. The Balaban J connectivity index is 1.45. The molecule has 3 aromatic rings. The van der Waals surface area contributed by atoms with Crippen LogP contribution in [0.4, 0.5) is 4.79 Å². The van der Waals surface area contributed by atoms with Crippen molar-refractivity contribution in [2.45, 2.75) is 27.3 Å². The maximum atomic E-state index is 12.9. The molecule has 1 fully saturated rings. The van der Waals surface area contributed by atoms with Crippen LogP contribution in [-0.4, -0.2) is 42.6 Å². The monoisotopic (exact) mass is 504 g/mol. The van der Waals surface area contributed by atoms with Crippen LogP contribution in [0.2, 0.25) is 0 Å². The number of hydrogen-bond acceptors (Lipinski definition) is 7. The van der Waals surface area contributed by atoms with E-state index < -0.39 is 17.8 Å². The zero-order valence-corrected chi connectivity index (χ0v) is 20.9. The van der Waals surface area contributed by atoms with Crippen LogP contribution in [0, 0.1) is 13.8 Å². The van der Waals surface area contributed by atoms with Crippen LogP contribution in [0.1, 0.15) is 29.4 Å². The molecule has 0 unspecified atom stereocenters. The fraction of sp³-hybridized carbons (Fsp3) is 0.250. The van der Waals surface area contributed by atoms with E-state index >= 15 is 0 Å². The quantitative estimate of drug-likeness (QED) is 0.247. The van der Waals surface area contributed by atoms with E-state index in [0.29, 0.717) is 36.0 Å². The average molecular weight is 505 g/mol. The van der Waals surface area contributed by atoms with E-state index in [2.05, 4.69) is 5.32 Å². The van der Waals surface area contributed by atoms with Gasteiger partial charge in [0.15, 0.2) is 11.5 Å². The van der Waals surface area contributed by atoms with Crippen LogP contribution >= 0.6 is 0 Å². The lowest BCUT2D eigenvalue weighted by Gasteiger charge is -2.25. The third kappa shape index (κ3) is 6.19. The van der Waals surface area contributed by atoms with Gasteiger partial charge in [-0.15, -0.1) is 0 Å². The number of urea groups is 1. The molecule has 4 rings (SSSR count). The Kier molecular flexibility index (Phi) is 7.92. The second kappa shape index (κ2) is 11.5. The molecule has 192 valence electrons. The number of aryl methyl sites for hydroxylation is 2. The predicted molar refractivity (Wildman–Crippen MR) is 135 cm³/mol.